The second-order valence-electron chi connectivity index (χ2n) is 3.46. The zero-order valence-corrected chi connectivity index (χ0v) is 12.9. The van der Waals surface area contributed by atoms with E-state index < -0.39 is 0 Å². The maximum absolute atomic E-state index is 3.16. The van der Waals surface area contributed by atoms with E-state index in [2.05, 4.69) is 39.0 Å². The fourth-order valence-electron chi connectivity index (χ4n) is 0.919. The van der Waals surface area contributed by atoms with Crippen molar-refractivity contribution in [3.8, 4) is 0 Å². The van der Waals surface area contributed by atoms with Gasteiger partial charge in [-0.3, -0.25) is 6.08 Å². The minimum absolute atomic E-state index is 0. The molecule has 0 fully saturated rings. The minimum atomic E-state index is 0. The van der Waals surface area contributed by atoms with Crippen molar-refractivity contribution in [1.82, 2.24) is 0 Å². The molecule has 0 aromatic heterocycles. The van der Waals surface area contributed by atoms with Crippen molar-refractivity contribution in [3.63, 3.8) is 0 Å². The van der Waals surface area contributed by atoms with E-state index in [4.69, 9.17) is 0 Å². The van der Waals surface area contributed by atoms with Crippen molar-refractivity contribution in [2.45, 2.75) is 27.2 Å². The van der Waals surface area contributed by atoms with Crippen molar-refractivity contribution in [2.24, 2.45) is 5.41 Å². The van der Waals surface area contributed by atoms with Gasteiger partial charge in [-0.05, 0) is 0 Å². The Morgan fingerprint density at radius 1 is 1.25 bits per heavy atom. The summed E-state index contributed by atoms with van der Waals surface area (Å²) >= 11 is 0. The standard InChI is InChI=1S/C9H13.2ClH.Hf/c1-9(2,3)8-6-4-5-7-8;;;/h6-7H,4H2,1-3H3;2*1H;/q-1;;;. The van der Waals surface area contributed by atoms with Crippen LogP contribution < -0.4 is 0 Å². The van der Waals surface area contributed by atoms with E-state index in [0.29, 0.717) is 5.41 Å². The van der Waals surface area contributed by atoms with Gasteiger partial charge in [0.15, 0.2) is 0 Å². The monoisotopic (exact) mass is 373 g/mol. The molecule has 12 heavy (non-hydrogen) atoms. The minimum Gasteiger partial charge on any atom is -0.273 e. The number of halogens is 2. The molecule has 0 unspecified atom stereocenters. The molecule has 0 aliphatic heterocycles. The largest absolute Gasteiger partial charge is 0.273 e. The molecular weight excluding hydrogens is 357 g/mol. The first-order valence-corrected chi connectivity index (χ1v) is 3.38. The Labute approximate surface area is 106 Å². The van der Waals surface area contributed by atoms with E-state index in [1.54, 1.807) is 0 Å². The molecule has 0 bridgehead atoms. The molecule has 0 radical (unpaired) electrons. The van der Waals surface area contributed by atoms with Crippen LogP contribution in [0.5, 0.6) is 0 Å². The number of rotatable bonds is 0. The maximum Gasteiger partial charge on any atom is 0 e. The van der Waals surface area contributed by atoms with Gasteiger partial charge >= 0.3 is 0 Å². The summed E-state index contributed by atoms with van der Waals surface area (Å²) in [5.41, 5.74) is 1.74. The summed E-state index contributed by atoms with van der Waals surface area (Å²) in [5, 5.41) is 0. The van der Waals surface area contributed by atoms with Crippen LogP contribution in [0.4, 0.5) is 0 Å². The van der Waals surface area contributed by atoms with Crippen molar-refractivity contribution in [2.75, 3.05) is 0 Å². The average Bonchev–Trinajstić information content (AvgIpc) is 2.08. The van der Waals surface area contributed by atoms with Gasteiger partial charge < -0.3 is 0 Å². The molecule has 0 saturated heterocycles. The summed E-state index contributed by atoms with van der Waals surface area (Å²) in [6.07, 6.45) is 8.50. The molecule has 0 saturated carbocycles. The Balaban J connectivity index is -0.000000270. The predicted molar refractivity (Wildman–Crippen MR) is 54.5 cm³/mol. The van der Waals surface area contributed by atoms with Gasteiger partial charge in [0.2, 0.25) is 0 Å². The first-order valence-electron chi connectivity index (χ1n) is 3.38. The smallest absolute Gasteiger partial charge is 0 e. The van der Waals surface area contributed by atoms with Gasteiger partial charge in [-0.25, -0.2) is 6.08 Å². The third-order valence-electron chi connectivity index (χ3n) is 1.56. The molecule has 1 rings (SSSR count). The van der Waals surface area contributed by atoms with Gasteiger partial charge in [0.25, 0.3) is 0 Å². The molecule has 0 nitrogen and oxygen atoms in total. The third kappa shape index (κ3) is 5.55. The van der Waals surface area contributed by atoms with Gasteiger partial charge in [-0.15, -0.1) is 31.2 Å². The first-order chi connectivity index (χ1) is 4.11. The predicted octanol–water partition coefficient (Wildman–Crippen LogP) is 3.56. The van der Waals surface area contributed by atoms with Gasteiger partial charge in [0.05, 0.1) is 0 Å². The summed E-state index contributed by atoms with van der Waals surface area (Å²) < 4.78 is 0. The molecule has 70 valence electrons. The third-order valence-corrected chi connectivity index (χ3v) is 1.56. The number of hydrogen-bond donors (Lipinski definition) is 0. The summed E-state index contributed by atoms with van der Waals surface area (Å²) in [7, 11) is 0. The summed E-state index contributed by atoms with van der Waals surface area (Å²) in [6.45, 7) is 6.67. The first kappa shape index (κ1) is 18.7. The summed E-state index contributed by atoms with van der Waals surface area (Å²) in [4.78, 5) is 0. The van der Waals surface area contributed by atoms with Gasteiger partial charge in [0, 0.05) is 25.8 Å². The molecule has 1 aliphatic rings. The molecule has 0 heterocycles. The van der Waals surface area contributed by atoms with Crippen LogP contribution in [-0.4, -0.2) is 0 Å². The van der Waals surface area contributed by atoms with Crippen LogP contribution in [0.3, 0.4) is 0 Å². The molecule has 0 aromatic rings. The van der Waals surface area contributed by atoms with Crippen molar-refractivity contribution in [3.05, 3.63) is 23.8 Å². The van der Waals surface area contributed by atoms with Crippen LogP contribution in [0.1, 0.15) is 27.2 Å². The summed E-state index contributed by atoms with van der Waals surface area (Å²) in [5.74, 6) is 0. The normalized spacial score (nSPS) is 13.8. The summed E-state index contributed by atoms with van der Waals surface area (Å²) in [6, 6.07) is 0. The van der Waals surface area contributed by atoms with E-state index >= 15 is 0 Å². The van der Waals surface area contributed by atoms with Crippen LogP contribution >= 0.6 is 24.8 Å². The Hall–Kier alpha value is 0.930. The van der Waals surface area contributed by atoms with Gasteiger partial charge in [-0.1, -0.05) is 26.2 Å². The molecule has 0 spiro atoms. The Morgan fingerprint density at radius 2 is 1.75 bits per heavy atom. The van der Waals surface area contributed by atoms with Crippen LogP contribution in [0.25, 0.3) is 0 Å². The van der Waals surface area contributed by atoms with Crippen molar-refractivity contribution >= 4 is 24.8 Å². The molecule has 1 aliphatic carbocycles. The molecule has 0 N–H and O–H groups in total. The maximum atomic E-state index is 3.16. The van der Waals surface area contributed by atoms with E-state index in [9.17, 15) is 0 Å². The van der Waals surface area contributed by atoms with E-state index in [1.165, 1.54) is 5.57 Å². The zero-order chi connectivity index (χ0) is 6.91. The molecule has 3 heteroatoms. The van der Waals surface area contributed by atoms with Crippen LogP contribution in [0.15, 0.2) is 17.7 Å². The second-order valence-corrected chi connectivity index (χ2v) is 3.46. The van der Waals surface area contributed by atoms with Crippen LogP contribution in [0.2, 0.25) is 0 Å². The van der Waals surface area contributed by atoms with Crippen molar-refractivity contribution < 1.29 is 25.8 Å². The molecule has 0 aromatic carbocycles. The SMILES string of the molecule is CC(C)(C)C1=CC[C-]=C1.Cl.Cl.[Hf]. The van der Waals surface area contributed by atoms with Crippen molar-refractivity contribution in [1.29, 1.82) is 0 Å². The van der Waals surface area contributed by atoms with E-state index in [-0.39, 0.29) is 50.7 Å². The van der Waals surface area contributed by atoms with Crippen LogP contribution in [0, 0.1) is 11.5 Å². The average molecular weight is 373 g/mol. The van der Waals surface area contributed by atoms with Gasteiger partial charge in [0.1, 0.15) is 0 Å². The quantitative estimate of drug-likeness (QED) is 0.450. The van der Waals surface area contributed by atoms with Gasteiger partial charge in [-0.2, -0.15) is 11.6 Å². The zero-order valence-electron chi connectivity index (χ0n) is 7.68. The molecular formula is C9H15Cl2Hf-. The number of allylic oxidation sites excluding steroid dienone is 4. The Bertz CT molecular complexity index is 166. The van der Waals surface area contributed by atoms with E-state index in [0.717, 1.165) is 6.42 Å². The topological polar surface area (TPSA) is 0 Å². The second kappa shape index (κ2) is 7.34. The molecule has 0 atom stereocenters. The Morgan fingerprint density at radius 3 is 1.92 bits per heavy atom. The fraction of sp³-hybridized carbons (Fsp3) is 0.556. The Kier molecular flexibility index (Phi) is 11.4. The fourth-order valence-corrected chi connectivity index (χ4v) is 0.919. The number of hydrogen-bond acceptors (Lipinski definition) is 0. The van der Waals surface area contributed by atoms with Crippen LogP contribution in [-0.2, 0) is 25.8 Å². The van der Waals surface area contributed by atoms with E-state index in [1.807, 2.05) is 0 Å². The molecule has 0 amide bonds.